The van der Waals surface area contributed by atoms with E-state index >= 15 is 0 Å². The molecule has 0 aromatic heterocycles. The van der Waals surface area contributed by atoms with E-state index in [-0.39, 0.29) is 22.9 Å². The maximum atomic E-state index is 13.0. The Hall–Kier alpha value is -2.58. The second-order valence-electron chi connectivity index (χ2n) is 7.00. The Morgan fingerprint density at radius 2 is 1.66 bits per heavy atom. The van der Waals surface area contributed by atoms with Gasteiger partial charge in [-0.05, 0) is 47.9 Å². The van der Waals surface area contributed by atoms with Gasteiger partial charge in [0.15, 0.2) is 0 Å². The summed E-state index contributed by atoms with van der Waals surface area (Å²) in [5.74, 6) is -0.0980. The van der Waals surface area contributed by atoms with Crippen LogP contribution in [-0.2, 0) is 27.8 Å². The van der Waals surface area contributed by atoms with Gasteiger partial charge in [0.1, 0.15) is 11.8 Å². The smallest absolute Gasteiger partial charge is 0.241 e. The summed E-state index contributed by atoms with van der Waals surface area (Å²) in [5.41, 5.74) is 1.65. The lowest BCUT2D eigenvalue weighted by atomic mass is 10.1. The van der Waals surface area contributed by atoms with Gasteiger partial charge < -0.3 is 10.1 Å². The molecule has 168 valence electrons. The van der Waals surface area contributed by atoms with Gasteiger partial charge >= 0.3 is 0 Å². The van der Waals surface area contributed by atoms with Gasteiger partial charge in [0, 0.05) is 11.6 Å². The lowest BCUT2D eigenvalue weighted by Gasteiger charge is -2.19. The molecule has 0 aliphatic carbocycles. The number of carbonyl (C=O) groups is 1. The van der Waals surface area contributed by atoms with Gasteiger partial charge in [-0.3, -0.25) is 4.79 Å². The second-order valence-corrected chi connectivity index (χ2v) is 9.56. The summed E-state index contributed by atoms with van der Waals surface area (Å²) in [4.78, 5) is 12.9. The summed E-state index contributed by atoms with van der Waals surface area (Å²) in [7, 11) is -2.59. The molecular weight excluding hydrogens is 471 g/mol. The van der Waals surface area contributed by atoms with Crippen molar-refractivity contribution in [3.8, 4) is 5.75 Å². The van der Waals surface area contributed by atoms with E-state index in [4.69, 9.17) is 27.9 Å². The number of benzene rings is 3. The molecule has 9 heteroatoms. The van der Waals surface area contributed by atoms with Crippen LogP contribution in [0.25, 0.3) is 0 Å². The van der Waals surface area contributed by atoms with Crippen molar-refractivity contribution < 1.29 is 17.9 Å². The highest BCUT2D eigenvalue weighted by Crippen LogP contribution is 2.27. The lowest BCUT2D eigenvalue weighted by Crippen LogP contribution is -2.47. The van der Waals surface area contributed by atoms with Gasteiger partial charge in [0.05, 0.1) is 17.0 Å². The number of hydrogen-bond donors (Lipinski definition) is 2. The minimum Gasteiger partial charge on any atom is -0.495 e. The minimum absolute atomic E-state index is 0.0631. The fourth-order valence-electron chi connectivity index (χ4n) is 3.02. The number of nitrogens with one attached hydrogen (secondary N) is 2. The third-order valence-corrected chi connectivity index (χ3v) is 6.73. The highest BCUT2D eigenvalue weighted by molar-refractivity contribution is 7.89. The molecule has 0 heterocycles. The summed E-state index contributed by atoms with van der Waals surface area (Å²) in [5, 5.41) is 3.53. The fourth-order valence-corrected chi connectivity index (χ4v) is 4.69. The monoisotopic (exact) mass is 492 g/mol. The molecule has 1 amide bonds. The third kappa shape index (κ3) is 6.46. The van der Waals surface area contributed by atoms with E-state index in [1.165, 1.54) is 25.3 Å². The van der Waals surface area contributed by atoms with Crippen LogP contribution in [0.15, 0.2) is 77.7 Å². The Kier molecular flexibility index (Phi) is 8.15. The Morgan fingerprint density at radius 1 is 0.969 bits per heavy atom. The number of carbonyl (C=O) groups excluding carboxylic acids is 1. The van der Waals surface area contributed by atoms with E-state index in [0.29, 0.717) is 10.8 Å². The maximum absolute atomic E-state index is 13.0. The highest BCUT2D eigenvalue weighted by atomic mass is 35.5. The molecule has 0 unspecified atom stereocenters. The van der Waals surface area contributed by atoms with Crippen molar-refractivity contribution in [3.63, 3.8) is 0 Å². The first-order valence-corrected chi connectivity index (χ1v) is 11.9. The van der Waals surface area contributed by atoms with Gasteiger partial charge in [-0.2, -0.15) is 4.72 Å². The van der Waals surface area contributed by atoms with Crippen LogP contribution in [0.2, 0.25) is 10.0 Å². The van der Waals surface area contributed by atoms with E-state index in [1.807, 2.05) is 30.3 Å². The van der Waals surface area contributed by atoms with Crippen molar-refractivity contribution in [1.29, 1.82) is 0 Å². The molecule has 0 bridgehead atoms. The number of methoxy groups -OCH3 is 1. The zero-order chi connectivity index (χ0) is 23.1. The van der Waals surface area contributed by atoms with Gasteiger partial charge in [0.25, 0.3) is 0 Å². The van der Waals surface area contributed by atoms with Crippen LogP contribution in [0.5, 0.6) is 5.75 Å². The summed E-state index contributed by atoms with van der Waals surface area (Å²) in [6.45, 7) is 0.234. The molecule has 3 aromatic carbocycles. The van der Waals surface area contributed by atoms with Gasteiger partial charge in [-0.1, -0.05) is 65.7 Å². The Balaban J connectivity index is 1.80. The third-order valence-electron chi connectivity index (χ3n) is 4.71. The number of ether oxygens (including phenoxy) is 1. The number of amides is 1. The molecule has 1 atom stereocenters. The van der Waals surface area contributed by atoms with Gasteiger partial charge in [-0.15, -0.1) is 0 Å². The summed E-state index contributed by atoms with van der Waals surface area (Å²) in [6.07, 6.45) is 0.177. The molecule has 0 radical (unpaired) electrons. The molecule has 0 saturated heterocycles. The molecule has 2 N–H and O–H groups in total. The van der Waals surface area contributed by atoms with E-state index in [9.17, 15) is 13.2 Å². The molecule has 0 fully saturated rings. The lowest BCUT2D eigenvalue weighted by molar-refractivity contribution is -0.122. The molecule has 0 saturated carbocycles. The van der Waals surface area contributed by atoms with Gasteiger partial charge in [-0.25, -0.2) is 8.42 Å². The number of halogens is 2. The Labute approximate surface area is 197 Å². The van der Waals surface area contributed by atoms with Crippen LogP contribution in [0.1, 0.15) is 11.1 Å². The van der Waals surface area contributed by atoms with Crippen molar-refractivity contribution in [2.24, 2.45) is 0 Å². The van der Waals surface area contributed by atoms with Crippen molar-refractivity contribution in [2.45, 2.75) is 23.9 Å². The zero-order valence-electron chi connectivity index (χ0n) is 17.2. The first-order valence-electron chi connectivity index (χ1n) is 9.70. The number of hydrogen-bond acceptors (Lipinski definition) is 4. The Bertz CT molecular complexity index is 1170. The standard InChI is InChI=1S/C23H22Cl2N2O4S/c1-31-22-12-11-19(14-20(22)25)32(29,30)27-21(13-16-5-3-2-4-6-16)23(28)26-15-17-7-9-18(24)10-8-17/h2-12,14,21,27H,13,15H2,1H3,(H,26,28)/t21-/m0/s1. The van der Waals surface area contributed by atoms with Crippen LogP contribution in [0.4, 0.5) is 0 Å². The highest BCUT2D eigenvalue weighted by Gasteiger charge is 2.26. The summed E-state index contributed by atoms with van der Waals surface area (Å²) in [6, 6.07) is 19.3. The van der Waals surface area contributed by atoms with Crippen LogP contribution in [-0.4, -0.2) is 27.5 Å². The molecule has 0 aliphatic heterocycles. The van der Waals surface area contributed by atoms with Crippen LogP contribution in [0, 0.1) is 0 Å². The Morgan fingerprint density at radius 3 is 2.28 bits per heavy atom. The quantitative estimate of drug-likeness (QED) is 0.468. The second kappa shape index (κ2) is 10.8. The van der Waals surface area contributed by atoms with E-state index < -0.39 is 22.0 Å². The normalized spacial score (nSPS) is 12.2. The zero-order valence-corrected chi connectivity index (χ0v) is 19.5. The van der Waals surface area contributed by atoms with Crippen LogP contribution < -0.4 is 14.8 Å². The maximum Gasteiger partial charge on any atom is 0.241 e. The fraction of sp³-hybridized carbons (Fsp3) is 0.174. The minimum atomic E-state index is -4.03. The molecule has 6 nitrogen and oxygen atoms in total. The molecule has 32 heavy (non-hydrogen) atoms. The van der Waals surface area contributed by atoms with Gasteiger partial charge in [0.2, 0.25) is 15.9 Å². The summed E-state index contributed by atoms with van der Waals surface area (Å²) >= 11 is 12.0. The van der Waals surface area contributed by atoms with Crippen molar-refractivity contribution in [2.75, 3.05) is 7.11 Å². The molecule has 3 aromatic rings. The number of sulfonamides is 1. The van der Waals surface area contributed by atoms with Crippen molar-refractivity contribution in [1.82, 2.24) is 10.0 Å². The van der Waals surface area contributed by atoms with Crippen molar-refractivity contribution >= 4 is 39.1 Å². The largest absolute Gasteiger partial charge is 0.495 e. The SMILES string of the molecule is COc1ccc(S(=O)(=O)N[C@@H](Cc2ccccc2)C(=O)NCc2ccc(Cl)cc2)cc1Cl. The molecule has 3 rings (SSSR count). The van der Waals surface area contributed by atoms with E-state index in [1.54, 1.807) is 24.3 Å². The van der Waals surface area contributed by atoms with Crippen molar-refractivity contribution in [3.05, 3.63) is 94.0 Å². The molecule has 0 aliphatic rings. The average molecular weight is 493 g/mol. The first-order chi connectivity index (χ1) is 15.3. The average Bonchev–Trinajstić information content (AvgIpc) is 2.78. The first kappa shape index (κ1) is 24.1. The topological polar surface area (TPSA) is 84.5 Å². The predicted octanol–water partition coefficient (Wildman–Crippen LogP) is 4.21. The number of rotatable bonds is 9. The van der Waals surface area contributed by atoms with Crippen LogP contribution in [0.3, 0.4) is 0 Å². The molecule has 0 spiro atoms. The molecular formula is C23H22Cl2N2O4S. The van der Waals surface area contributed by atoms with E-state index in [2.05, 4.69) is 10.0 Å². The van der Waals surface area contributed by atoms with Crippen LogP contribution >= 0.6 is 23.2 Å². The van der Waals surface area contributed by atoms with E-state index in [0.717, 1.165) is 11.1 Å². The summed E-state index contributed by atoms with van der Waals surface area (Å²) < 4.78 is 33.6. The predicted molar refractivity (Wildman–Crippen MR) is 126 cm³/mol.